The van der Waals surface area contributed by atoms with Crippen LogP contribution < -0.4 is 10.2 Å². The normalized spacial score (nSPS) is 22.8. The highest BCUT2D eigenvalue weighted by Gasteiger charge is 2.33. The number of carbonyl (C=O) groups is 1. The van der Waals surface area contributed by atoms with Crippen LogP contribution in [0.15, 0.2) is 34.7 Å². The molecule has 2 aliphatic heterocycles. The number of furan rings is 1. The van der Waals surface area contributed by atoms with Crippen molar-refractivity contribution in [2.24, 2.45) is 0 Å². The fourth-order valence-electron chi connectivity index (χ4n) is 4.45. The van der Waals surface area contributed by atoms with Crippen molar-refractivity contribution in [2.75, 3.05) is 36.5 Å². The molecule has 3 heterocycles. The van der Waals surface area contributed by atoms with Crippen molar-refractivity contribution in [3.8, 4) is 0 Å². The highest BCUT2D eigenvalue weighted by Crippen LogP contribution is 2.37. The van der Waals surface area contributed by atoms with Gasteiger partial charge in [-0.05, 0) is 69.4 Å². The van der Waals surface area contributed by atoms with E-state index < -0.39 is 23.2 Å². The Labute approximate surface area is 190 Å². The summed E-state index contributed by atoms with van der Waals surface area (Å²) in [5.74, 6) is 0.297. The molecule has 1 amide bonds. The van der Waals surface area contributed by atoms with Gasteiger partial charge in [0.1, 0.15) is 5.76 Å². The number of amides is 1. The van der Waals surface area contributed by atoms with E-state index in [9.17, 15) is 23.1 Å². The van der Waals surface area contributed by atoms with Crippen LogP contribution in [-0.4, -0.2) is 42.9 Å². The molecule has 2 fully saturated rings. The van der Waals surface area contributed by atoms with E-state index in [0.717, 1.165) is 25.0 Å². The maximum absolute atomic E-state index is 13.4. The lowest BCUT2D eigenvalue weighted by Gasteiger charge is -2.27. The van der Waals surface area contributed by atoms with Crippen molar-refractivity contribution in [1.82, 2.24) is 0 Å². The number of alkyl halides is 3. The molecular formula is C24H29F3N2O4. The fourth-order valence-corrected chi connectivity index (χ4v) is 4.45. The molecule has 1 aromatic heterocycles. The van der Waals surface area contributed by atoms with Gasteiger partial charge in [0, 0.05) is 32.2 Å². The van der Waals surface area contributed by atoms with Gasteiger partial charge in [0.25, 0.3) is 5.91 Å². The molecule has 1 aromatic carbocycles. The third-order valence-electron chi connectivity index (χ3n) is 6.45. The van der Waals surface area contributed by atoms with E-state index in [1.165, 1.54) is 6.07 Å². The van der Waals surface area contributed by atoms with Crippen LogP contribution in [0.5, 0.6) is 0 Å². The SMILES string of the molecule is C[C@@]1(O)CCCN(c2ccc(C(F)(F)F)cc2NC(=O)c2ccc(C3CCOCC3)o2)CC1. The first-order valence-electron chi connectivity index (χ1n) is 11.3. The van der Waals surface area contributed by atoms with Crippen LogP contribution in [0.3, 0.4) is 0 Å². The second-order valence-corrected chi connectivity index (χ2v) is 9.11. The van der Waals surface area contributed by atoms with Crippen LogP contribution in [0.4, 0.5) is 24.5 Å². The first-order chi connectivity index (χ1) is 15.6. The summed E-state index contributed by atoms with van der Waals surface area (Å²) in [4.78, 5) is 14.8. The van der Waals surface area contributed by atoms with Crippen LogP contribution in [0, 0.1) is 0 Å². The standard InChI is InChI=1S/C24H29F3N2O4/c1-23(31)9-2-11-29(12-10-23)19-4-3-17(24(25,26)27)15-18(19)28-22(30)21-6-5-20(33-21)16-7-13-32-14-8-16/h3-6,15-16,31H,2,7-14H2,1H3,(H,28,30)/t23-/m1/s1. The third-order valence-corrected chi connectivity index (χ3v) is 6.45. The summed E-state index contributed by atoms with van der Waals surface area (Å²) >= 11 is 0. The Hall–Kier alpha value is -2.52. The molecule has 0 aliphatic carbocycles. The molecule has 0 unspecified atom stereocenters. The summed E-state index contributed by atoms with van der Waals surface area (Å²) < 4.78 is 51.3. The molecule has 6 nitrogen and oxygen atoms in total. The van der Waals surface area contributed by atoms with E-state index in [1.807, 2.05) is 4.90 Å². The van der Waals surface area contributed by atoms with Gasteiger partial charge < -0.3 is 24.5 Å². The highest BCUT2D eigenvalue weighted by atomic mass is 19.4. The zero-order chi connectivity index (χ0) is 23.6. The summed E-state index contributed by atoms with van der Waals surface area (Å²) in [5.41, 5.74) is -1.10. The van der Waals surface area contributed by atoms with E-state index in [-0.39, 0.29) is 17.4 Å². The van der Waals surface area contributed by atoms with Gasteiger partial charge in [0.05, 0.1) is 22.5 Å². The number of rotatable bonds is 4. The van der Waals surface area contributed by atoms with Gasteiger partial charge in [0.15, 0.2) is 5.76 Å². The number of halogens is 3. The molecule has 4 rings (SSSR count). The summed E-state index contributed by atoms with van der Waals surface area (Å²) in [6, 6.07) is 6.65. The Morgan fingerprint density at radius 1 is 1.15 bits per heavy atom. The minimum absolute atomic E-state index is 0.0543. The number of nitrogens with one attached hydrogen (secondary N) is 1. The van der Waals surface area contributed by atoms with Gasteiger partial charge in [-0.2, -0.15) is 13.2 Å². The lowest BCUT2D eigenvalue weighted by atomic mass is 9.98. The second kappa shape index (κ2) is 9.38. The molecule has 0 radical (unpaired) electrons. The zero-order valence-corrected chi connectivity index (χ0v) is 18.6. The summed E-state index contributed by atoms with van der Waals surface area (Å²) in [5, 5.41) is 13.0. The van der Waals surface area contributed by atoms with Crippen LogP contribution in [-0.2, 0) is 10.9 Å². The molecule has 9 heteroatoms. The van der Waals surface area contributed by atoms with Crippen molar-refractivity contribution >= 4 is 17.3 Å². The largest absolute Gasteiger partial charge is 0.456 e. The zero-order valence-electron chi connectivity index (χ0n) is 18.6. The van der Waals surface area contributed by atoms with Crippen LogP contribution in [0.25, 0.3) is 0 Å². The quantitative estimate of drug-likeness (QED) is 0.649. The summed E-state index contributed by atoms with van der Waals surface area (Å²) in [6.07, 6.45) is -1.17. The average Bonchev–Trinajstić information content (AvgIpc) is 3.19. The van der Waals surface area contributed by atoms with E-state index in [0.29, 0.717) is 57.0 Å². The first kappa shape index (κ1) is 23.6. The molecule has 180 valence electrons. The van der Waals surface area contributed by atoms with Gasteiger partial charge in [-0.25, -0.2) is 0 Å². The first-order valence-corrected chi connectivity index (χ1v) is 11.3. The number of carbonyl (C=O) groups excluding carboxylic acids is 1. The van der Waals surface area contributed by atoms with Crippen molar-refractivity contribution in [1.29, 1.82) is 0 Å². The Morgan fingerprint density at radius 3 is 2.64 bits per heavy atom. The minimum Gasteiger partial charge on any atom is -0.456 e. The van der Waals surface area contributed by atoms with Crippen molar-refractivity contribution in [2.45, 2.75) is 56.7 Å². The molecule has 2 saturated heterocycles. The van der Waals surface area contributed by atoms with Crippen molar-refractivity contribution in [3.63, 3.8) is 0 Å². The Balaban J connectivity index is 1.58. The fraction of sp³-hybridized carbons (Fsp3) is 0.542. The Kier molecular flexibility index (Phi) is 6.72. The van der Waals surface area contributed by atoms with Gasteiger partial charge in [0.2, 0.25) is 0 Å². The van der Waals surface area contributed by atoms with E-state index in [2.05, 4.69) is 5.32 Å². The number of hydrogen-bond acceptors (Lipinski definition) is 5. The maximum atomic E-state index is 13.4. The highest BCUT2D eigenvalue weighted by molar-refractivity contribution is 6.04. The van der Waals surface area contributed by atoms with Crippen molar-refractivity contribution in [3.05, 3.63) is 47.4 Å². The van der Waals surface area contributed by atoms with Crippen LogP contribution >= 0.6 is 0 Å². The monoisotopic (exact) mass is 466 g/mol. The van der Waals surface area contributed by atoms with E-state index in [4.69, 9.17) is 9.15 Å². The van der Waals surface area contributed by atoms with Gasteiger partial charge in [-0.3, -0.25) is 4.79 Å². The number of aliphatic hydroxyl groups is 1. The topological polar surface area (TPSA) is 74.9 Å². The molecule has 0 bridgehead atoms. The third kappa shape index (κ3) is 5.70. The lowest BCUT2D eigenvalue weighted by molar-refractivity contribution is -0.137. The molecular weight excluding hydrogens is 437 g/mol. The van der Waals surface area contributed by atoms with Gasteiger partial charge in [-0.15, -0.1) is 0 Å². The maximum Gasteiger partial charge on any atom is 0.416 e. The molecule has 2 N–H and O–H groups in total. The lowest BCUT2D eigenvalue weighted by Crippen LogP contribution is -2.29. The molecule has 33 heavy (non-hydrogen) atoms. The van der Waals surface area contributed by atoms with Gasteiger partial charge >= 0.3 is 6.18 Å². The molecule has 2 aliphatic rings. The number of benzene rings is 1. The van der Waals surface area contributed by atoms with Crippen molar-refractivity contribution < 1.29 is 32.2 Å². The van der Waals surface area contributed by atoms with Gasteiger partial charge in [-0.1, -0.05) is 0 Å². The number of hydrogen-bond donors (Lipinski definition) is 2. The Morgan fingerprint density at radius 2 is 1.91 bits per heavy atom. The second-order valence-electron chi connectivity index (χ2n) is 9.11. The number of nitrogens with zero attached hydrogens (tertiary/aromatic N) is 1. The van der Waals surface area contributed by atoms with Crippen LogP contribution in [0.1, 0.15) is 66.8 Å². The number of anilines is 2. The van der Waals surface area contributed by atoms with E-state index >= 15 is 0 Å². The summed E-state index contributed by atoms with van der Waals surface area (Å²) in [6.45, 7) is 4.06. The molecule has 0 spiro atoms. The molecule has 1 atom stereocenters. The Bertz CT molecular complexity index is 980. The molecule has 0 saturated carbocycles. The summed E-state index contributed by atoms with van der Waals surface area (Å²) in [7, 11) is 0. The smallest absolute Gasteiger partial charge is 0.416 e. The van der Waals surface area contributed by atoms with Crippen LogP contribution in [0.2, 0.25) is 0 Å². The number of ether oxygens (including phenoxy) is 1. The predicted octanol–water partition coefficient (Wildman–Crippen LogP) is 5.19. The average molecular weight is 467 g/mol. The minimum atomic E-state index is -4.54. The van der Waals surface area contributed by atoms with E-state index in [1.54, 1.807) is 19.1 Å². The molecule has 2 aromatic rings. The predicted molar refractivity (Wildman–Crippen MR) is 118 cm³/mol.